The monoisotopic (exact) mass is 616 g/mol. The summed E-state index contributed by atoms with van der Waals surface area (Å²) in [5, 5.41) is 26.1. The maximum atomic E-state index is 12.6. The SMILES string of the molecule is O=C(Cc1cc(CCN(Cc2ccccc2)CC(O)c2ccc(OCc3ccccc3)c([N+](=O)[O-])c2)ccn1)Nc1ccccc1. The van der Waals surface area contributed by atoms with Crippen molar-refractivity contribution in [2.45, 2.75) is 32.1 Å². The van der Waals surface area contributed by atoms with Gasteiger partial charge in [0, 0.05) is 43.3 Å². The van der Waals surface area contributed by atoms with E-state index >= 15 is 0 Å². The highest BCUT2D eigenvalue weighted by molar-refractivity contribution is 5.91. The molecule has 0 aliphatic rings. The van der Waals surface area contributed by atoms with Crippen molar-refractivity contribution in [2.24, 2.45) is 0 Å². The smallest absolute Gasteiger partial charge is 0.311 e. The lowest BCUT2D eigenvalue weighted by molar-refractivity contribution is -0.386. The number of nitrogens with one attached hydrogen (secondary N) is 1. The summed E-state index contributed by atoms with van der Waals surface area (Å²) in [7, 11) is 0. The Balaban J connectivity index is 1.25. The number of hydrogen-bond acceptors (Lipinski definition) is 7. The summed E-state index contributed by atoms with van der Waals surface area (Å²) in [4.78, 5) is 30.5. The predicted octanol–water partition coefficient (Wildman–Crippen LogP) is 6.53. The zero-order chi connectivity index (χ0) is 32.1. The summed E-state index contributed by atoms with van der Waals surface area (Å²) in [5.74, 6) is 0.00661. The van der Waals surface area contributed by atoms with Crippen LogP contribution in [0.15, 0.2) is 128 Å². The number of pyridine rings is 1. The lowest BCUT2D eigenvalue weighted by atomic mass is 10.1. The second kappa shape index (κ2) is 16.1. The van der Waals surface area contributed by atoms with E-state index in [9.17, 15) is 20.0 Å². The molecule has 234 valence electrons. The van der Waals surface area contributed by atoms with Crippen molar-refractivity contribution in [3.05, 3.63) is 166 Å². The maximum absolute atomic E-state index is 12.6. The van der Waals surface area contributed by atoms with Crippen LogP contribution in [-0.4, -0.2) is 38.9 Å². The number of amides is 1. The molecule has 0 aliphatic carbocycles. The number of anilines is 1. The Bertz CT molecular complexity index is 1720. The Morgan fingerprint density at radius 3 is 2.24 bits per heavy atom. The van der Waals surface area contributed by atoms with Gasteiger partial charge in [-0.05, 0) is 59.0 Å². The number of ether oxygens (including phenoxy) is 1. The molecule has 0 fully saturated rings. The van der Waals surface area contributed by atoms with Gasteiger partial charge in [0.05, 0.1) is 17.4 Å². The topological polar surface area (TPSA) is 118 Å². The predicted molar refractivity (Wildman–Crippen MR) is 177 cm³/mol. The number of carbonyl (C=O) groups excluding carboxylic acids is 1. The third-order valence-electron chi connectivity index (χ3n) is 7.48. The molecule has 1 atom stereocenters. The summed E-state index contributed by atoms with van der Waals surface area (Å²) in [6.45, 7) is 1.64. The fourth-order valence-electron chi connectivity index (χ4n) is 5.13. The fourth-order valence-corrected chi connectivity index (χ4v) is 5.13. The van der Waals surface area contributed by atoms with E-state index in [0.29, 0.717) is 30.8 Å². The molecule has 1 aromatic heterocycles. The van der Waals surface area contributed by atoms with Gasteiger partial charge in [-0.3, -0.25) is 24.8 Å². The zero-order valence-corrected chi connectivity index (χ0v) is 25.4. The fraction of sp³-hybridized carbons (Fsp3) is 0.189. The highest BCUT2D eigenvalue weighted by Crippen LogP contribution is 2.31. The van der Waals surface area contributed by atoms with Crippen molar-refractivity contribution in [1.82, 2.24) is 9.88 Å². The van der Waals surface area contributed by atoms with E-state index in [1.165, 1.54) is 6.07 Å². The molecule has 5 rings (SSSR count). The Labute approximate surface area is 268 Å². The standard InChI is InChI=1S/C37H36N4O5/c42-35(31-16-17-36(34(23-31)41(44)45)46-27-30-12-6-2-7-13-30)26-40(25-29-10-4-1-5-11-29)21-19-28-18-20-38-33(22-28)24-37(43)39-32-14-8-3-9-15-32/h1-18,20,22-23,35,42H,19,21,24-27H2,(H,39,43). The number of aromatic nitrogens is 1. The van der Waals surface area contributed by atoms with Gasteiger partial charge in [0.2, 0.25) is 5.91 Å². The van der Waals surface area contributed by atoms with Crippen LogP contribution in [0.3, 0.4) is 0 Å². The van der Waals surface area contributed by atoms with Crippen LogP contribution in [0.25, 0.3) is 0 Å². The van der Waals surface area contributed by atoms with E-state index in [4.69, 9.17) is 4.74 Å². The van der Waals surface area contributed by atoms with E-state index in [2.05, 4.69) is 15.2 Å². The van der Waals surface area contributed by atoms with Crippen molar-refractivity contribution in [3.63, 3.8) is 0 Å². The molecule has 0 saturated carbocycles. The van der Waals surface area contributed by atoms with Gasteiger partial charge in [0.25, 0.3) is 0 Å². The largest absolute Gasteiger partial charge is 0.482 e. The molecule has 46 heavy (non-hydrogen) atoms. The van der Waals surface area contributed by atoms with Crippen molar-refractivity contribution < 1.29 is 19.6 Å². The molecule has 0 bridgehead atoms. The van der Waals surface area contributed by atoms with Gasteiger partial charge in [0.1, 0.15) is 6.61 Å². The third kappa shape index (κ3) is 9.56. The molecule has 1 heterocycles. The molecule has 1 amide bonds. The number of nitro benzene ring substituents is 1. The first-order chi connectivity index (χ1) is 22.4. The second-order valence-electron chi connectivity index (χ2n) is 11.0. The first kappa shape index (κ1) is 32.0. The number of aliphatic hydroxyl groups is 1. The highest BCUT2D eigenvalue weighted by atomic mass is 16.6. The lowest BCUT2D eigenvalue weighted by Gasteiger charge is -2.25. The number of nitro groups is 1. The van der Waals surface area contributed by atoms with Crippen LogP contribution in [0, 0.1) is 10.1 Å². The lowest BCUT2D eigenvalue weighted by Crippen LogP contribution is -2.30. The minimum atomic E-state index is -0.972. The average Bonchev–Trinajstić information content (AvgIpc) is 3.07. The molecule has 1 unspecified atom stereocenters. The molecule has 9 nitrogen and oxygen atoms in total. The molecular formula is C37H36N4O5. The van der Waals surface area contributed by atoms with E-state index in [0.717, 1.165) is 22.4 Å². The van der Waals surface area contributed by atoms with Crippen LogP contribution in [0.5, 0.6) is 5.75 Å². The minimum Gasteiger partial charge on any atom is -0.482 e. The van der Waals surface area contributed by atoms with E-state index in [1.54, 1.807) is 18.3 Å². The minimum absolute atomic E-state index is 0.143. The molecule has 5 aromatic rings. The molecule has 2 N–H and O–H groups in total. The van der Waals surface area contributed by atoms with E-state index < -0.39 is 11.0 Å². The third-order valence-corrected chi connectivity index (χ3v) is 7.48. The number of carbonyl (C=O) groups is 1. The molecule has 9 heteroatoms. The number of hydrogen-bond donors (Lipinski definition) is 2. The average molecular weight is 617 g/mol. The summed E-state index contributed by atoms with van der Waals surface area (Å²) >= 11 is 0. The van der Waals surface area contributed by atoms with Crippen molar-refractivity contribution in [2.75, 3.05) is 18.4 Å². The summed E-state index contributed by atoms with van der Waals surface area (Å²) < 4.78 is 5.77. The van der Waals surface area contributed by atoms with Crippen LogP contribution in [0.1, 0.15) is 34.1 Å². The molecule has 0 saturated heterocycles. The van der Waals surface area contributed by atoms with Crippen molar-refractivity contribution >= 4 is 17.3 Å². The number of nitrogens with zero attached hydrogens (tertiary/aromatic N) is 3. The van der Waals surface area contributed by atoms with Gasteiger partial charge in [0.15, 0.2) is 5.75 Å². The number of benzene rings is 4. The first-order valence-electron chi connectivity index (χ1n) is 15.1. The molecule has 0 spiro atoms. The van der Waals surface area contributed by atoms with Crippen molar-refractivity contribution in [3.8, 4) is 5.75 Å². The number of rotatable bonds is 15. The van der Waals surface area contributed by atoms with Crippen LogP contribution < -0.4 is 10.1 Å². The van der Waals surface area contributed by atoms with Crippen LogP contribution in [0.4, 0.5) is 11.4 Å². The normalized spacial score (nSPS) is 11.6. The van der Waals surface area contributed by atoms with Gasteiger partial charge in [-0.1, -0.05) is 84.9 Å². The Morgan fingerprint density at radius 1 is 0.870 bits per heavy atom. The van der Waals surface area contributed by atoms with Gasteiger partial charge in [-0.2, -0.15) is 0 Å². The number of aliphatic hydroxyl groups excluding tert-OH is 1. The summed E-state index contributed by atoms with van der Waals surface area (Å²) in [6.07, 6.45) is 1.54. The van der Waals surface area contributed by atoms with E-state index in [-0.39, 0.29) is 36.9 Å². The molecule has 4 aromatic carbocycles. The summed E-state index contributed by atoms with van der Waals surface area (Å²) in [6, 6.07) is 37.1. The first-order valence-corrected chi connectivity index (χ1v) is 15.1. The quantitative estimate of drug-likeness (QED) is 0.101. The Morgan fingerprint density at radius 2 is 1.54 bits per heavy atom. The van der Waals surface area contributed by atoms with Gasteiger partial charge >= 0.3 is 5.69 Å². The number of para-hydroxylation sites is 1. The van der Waals surface area contributed by atoms with Crippen LogP contribution in [-0.2, 0) is 30.8 Å². The van der Waals surface area contributed by atoms with Crippen LogP contribution >= 0.6 is 0 Å². The molecule has 0 aliphatic heterocycles. The highest BCUT2D eigenvalue weighted by Gasteiger charge is 2.21. The van der Waals surface area contributed by atoms with Gasteiger partial charge < -0.3 is 15.2 Å². The maximum Gasteiger partial charge on any atom is 0.311 e. The Kier molecular flexibility index (Phi) is 11.2. The Hall–Kier alpha value is -5.38. The van der Waals surface area contributed by atoms with Gasteiger partial charge in [-0.15, -0.1) is 0 Å². The molecule has 0 radical (unpaired) electrons. The van der Waals surface area contributed by atoms with Crippen LogP contribution in [0.2, 0.25) is 0 Å². The van der Waals surface area contributed by atoms with Crippen molar-refractivity contribution in [1.29, 1.82) is 0 Å². The van der Waals surface area contributed by atoms with Gasteiger partial charge in [-0.25, -0.2) is 0 Å². The molecular weight excluding hydrogens is 580 g/mol. The zero-order valence-electron chi connectivity index (χ0n) is 25.4. The second-order valence-corrected chi connectivity index (χ2v) is 11.0. The summed E-state index contributed by atoms with van der Waals surface area (Å²) in [5.41, 5.74) is 4.64. The van der Waals surface area contributed by atoms with E-state index in [1.807, 2.05) is 103 Å².